The predicted molar refractivity (Wildman–Crippen MR) is 128 cm³/mol. The molecule has 0 atom stereocenters. The van der Waals surface area contributed by atoms with Gasteiger partial charge in [-0.3, -0.25) is 19.3 Å². The van der Waals surface area contributed by atoms with Crippen LogP contribution in [0, 0.1) is 5.92 Å². The molecule has 3 heterocycles. The molecule has 0 unspecified atom stereocenters. The molecule has 0 bridgehead atoms. The molecule has 0 spiro atoms. The minimum atomic E-state index is -0.391. The molecule has 9 nitrogen and oxygen atoms in total. The summed E-state index contributed by atoms with van der Waals surface area (Å²) >= 11 is 0. The lowest BCUT2D eigenvalue weighted by Crippen LogP contribution is -2.31. The summed E-state index contributed by atoms with van der Waals surface area (Å²) < 4.78 is 17.1. The number of carbonyl (C=O) groups is 3. The van der Waals surface area contributed by atoms with E-state index in [-0.39, 0.29) is 24.2 Å². The molecule has 9 heteroatoms. The maximum absolute atomic E-state index is 13.3. The van der Waals surface area contributed by atoms with Crippen molar-refractivity contribution in [2.75, 3.05) is 39.4 Å². The summed E-state index contributed by atoms with van der Waals surface area (Å²) in [5.41, 5.74) is 3.35. The molecule has 2 aromatic rings. The number of hydrogen-bond acceptors (Lipinski definition) is 7. The third kappa shape index (κ3) is 3.89. The molecule has 3 aliphatic heterocycles. The van der Waals surface area contributed by atoms with Gasteiger partial charge in [0.25, 0.3) is 17.7 Å². The van der Waals surface area contributed by atoms with Crippen LogP contribution in [-0.4, -0.2) is 61.6 Å². The smallest absolute Gasteiger partial charge is 0.261 e. The fraction of sp³-hybridized carbons (Fsp3) is 0.423. The molecule has 3 aliphatic rings. The van der Waals surface area contributed by atoms with Crippen molar-refractivity contribution in [3.05, 3.63) is 46.0 Å². The van der Waals surface area contributed by atoms with Crippen molar-refractivity contribution in [3.63, 3.8) is 0 Å². The van der Waals surface area contributed by atoms with Crippen molar-refractivity contribution >= 4 is 23.4 Å². The van der Waals surface area contributed by atoms with E-state index in [1.165, 1.54) is 11.0 Å². The number of likely N-dealkylation sites (N-methyl/N-ethyl adjacent to an activating group) is 1. The summed E-state index contributed by atoms with van der Waals surface area (Å²) in [4.78, 5) is 42.4. The summed E-state index contributed by atoms with van der Waals surface area (Å²) in [5, 5.41) is 2.99. The van der Waals surface area contributed by atoms with E-state index in [4.69, 9.17) is 14.2 Å². The van der Waals surface area contributed by atoms with Gasteiger partial charge in [0.2, 0.25) is 12.5 Å². The molecule has 0 aromatic heterocycles. The number of hydrogen-bond donors (Lipinski definition) is 1. The Morgan fingerprint density at radius 2 is 1.86 bits per heavy atom. The van der Waals surface area contributed by atoms with Crippen molar-refractivity contribution in [1.29, 1.82) is 0 Å². The zero-order chi connectivity index (χ0) is 24.9. The summed E-state index contributed by atoms with van der Waals surface area (Å²) in [6, 6.07) is 4.64. The van der Waals surface area contributed by atoms with Gasteiger partial charge in [-0.05, 0) is 49.6 Å². The summed E-state index contributed by atoms with van der Waals surface area (Å²) in [6.07, 6.45) is 1.43. The van der Waals surface area contributed by atoms with Gasteiger partial charge in [0.15, 0.2) is 11.5 Å². The maximum Gasteiger partial charge on any atom is 0.261 e. The van der Waals surface area contributed by atoms with E-state index in [1.54, 1.807) is 19.2 Å². The first kappa shape index (κ1) is 23.2. The van der Waals surface area contributed by atoms with Crippen LogP contribution in [0.15, 0.2) is 18.2 Å². The largest absolute Gasteiger partial charge is 0.492 e. The van der Waals surface area contributed by atoms with Gasteiger partial charge in [-0.2, -0.15) is 0 Å². The molecule has 3 amide bonds. The van der Waals surface area contributed by atoms with Crippen molar-refractivity contribution in [3.8, 4) is 17.2 Å². The third-order valence-electron chi connectivity index (χ3n) is 6.76. The predicted octanol–water partition coefficient (Wildman–Crippen LogP) is 3.31. The van der Waals surface area contributed by atoms with E-state index in [1.807, 2.05) is 20.9 Å². The van der Waals surface area contributed by atoms with Crippen LogP contribution in [0.4, 0.5) is 5.69 Å². The van der Waals surface area contributed by atoms with E-state index in [2.05, 4.69) is 10.2 Å². The van der Waals surface area contributed by atoms with Gasteiger partial charge in [0, 0.05) is 30.8 Å². The second kappa shape index (κ2) is 8.88. The van der Waals surface area contributed by atoms with Crippen molar-refractivity contribution in [2.24, 2.45) is 5.92 Å². The zero-order valence-corrected chi connectivity index (χ0v) is 20.4. The highest BCUT2D eigenvalue weighted by Gasteiger charge is 2.37. The molecule has 0 aliphatic carbocycles. The monoisotopic (exact) mass is 479 g/mol. The molecule has 184 valence electrons. The number of anilines is 1. The van der Waals surface area contributed by atoms with Crippen LogP contribution in [0.25, 0.3) is 0 Å². The third-order valence-corrected chi connectivity index (χ3v) is 6.76. The van der Waals surface area contributed by atoms with E-state index < -0.39 is 5.91 Å². The number of nitrogens with zero attached hydrogens (tertiary/aromatic N) is 2. The van der Waals surface area contributed by atoms with Gasteiger partial charge in [-0.25, -0.2) is 0 Å². The van der Waals surface area contributed by atoms with Crippen LogP contribution in [0.1, 0.15) is 62.5 Å². The first-order chi connectivity index (χ1) is 16.8. The number of nitrogens with one attached hydrogen (secondary N) is 1. The van der Waals surface area contributed by atoms with Gasteiger partial charge in [-0.15, -0.1) is 0 Å². The minimum absolute atomic E-state index is 0.0367. The quantitative estimate of drug-likeness (QED) is 0.635. The van der Waals surface area contributed by atoms with E-state index in [0.717, 1.165) is 24.1 Å². The fourth-order valence-electron chi connectivity index (χ4n) is 4.85. The van der Waals surface area contributed by atoms with Crippen LogP contribution in [0.3, 0.4) is 0 Å². The Kier molecular flexibility index (Phi) is 5.88. The van der Waals surface area contributed by atoms with Gasteiger partial charge >= 0.3 is 0 Å². The van der Waals surface area contributed by atoms with Crippen molar-refractivity contribution in [1.82, 2.24) is 9.80 Å². The Morgan fingerprint density at radius 1 is 1.11 bits per heavy atom. The van der Waals surface area contributed by atoms with Gasteiger partial charge in [0.1, 0.15) is 0 Å². The number of fused-ring (bicyclic) bond motifs is 3. The molecule has 0 fully saturated rings. The molecule has 0 saturated heterocycles. The summed E-state index contributed by atoms with van der Waals surface area (Å²) in [7, 11) is 3.62. The van der Waals surface area contributed by atoms with Crippen molar-refractivity contribution < 1.29 is 28.6 Å². The Bertz CT molecular complexity index is 1240. The molecular weight excluding hydrogens is 450 g/mol. The second-order valence-electron chi connectivity index (χ2n) is 9.58. The molecule has 0 radical (unpaired) electrons. The molecular formula is C26H29N3O6. The topological polar surface area (TPSA) is 97.4 Å². The van der Waals surface area contributed by atoms with Crippen LogP contribution in [0.2, 0.25) is 0 Å². The Labute approximate surface area is 203 Å². The Hall–Kier alpha value is -3.59. The number of methoxy groups -OCH3 is 1. The first-order valence-corrected chi connectivity index (χ1v) is 11.8. The standard InChI is InChI=1S/C26H29N3O6/c1-14(2)7-10-29-25(31)17-6-5-15(11-18(17)26(29)32)24(30)27-20-16-8-9-28(3)12-19(16)21(33-4)23-22(20)34-13-35-23/h5-6,11,14H,7-10,12-13H2,1-4H3,(H,27,30). The average molecular weight is 480 g/mol. The number of carbonyl (C=O) groups excluding carboxylic acids is 3. The highest BCUT2D eigenvalue weighted by molar-refractivity contribution is 6.22. The highest BCUT2D eigenvalue weighted by Crippen LogP contribution is 2.52. The van der Waals surface area contributed by atoms with Crippen LogP contribution < -0.4 is 19.5 Å². The fourth-order valence-corrected chi connectivity index (χ4v) is 4.85. The normalized spacial score (nSPS) is 16.5. The average Bonchev–Trinajstić information content (AvgIpc) is 3.40. The number of amides is 3. The van der Waals surface area contributed by atoms with Crippen molar-refractivity contribution in [2.45, 2.75) is 33.2 Å². The Balaban J connectivity index is 1.47. The number of benzene rings is 2. The molecule has 5 rings (SSSR count). The maximum atomic E-state index is 13.3. The van der Waals surface area contributed by atoms with Gasteiger partial charge in [-0.1, -0.05) is 13.8 Å². The molecule has 35 heavy (non-hydrogen) atoms. The second-order valence-corrected chi connectivity index (χ2v) is 9.58. The lowest BCUT2D eigenvalue weighted by Gasteiger charge is -2.29. The molecule has 1 N–H and O–H groups in total. The van der Waals surface area contributed by atoms with E-state index in [9.17, 15) is 14.4 Å². The SMILES string of the molecule is COc1c2c(c(NC(=O)c3ccc4c(c3)C(=O)N(CCC(C)C)C4=O)c3c1OCO3)CCN(C)C2. The van der Waals surface area contributed by atoms with E-state index in [0.29, 0.717) is 59.5 Å². The first-order valence-electron chi connectivity index (χ1n) is 11.8. The van der Waals surface area contributed by atoms with Crippen LogP contribution >= 0.6 is 0 Å². The lowest BCUT2D eigenvalue weighted by molar-refractivity contribution is 0.0647. The number of rotatable bonds is 6. The number of ether oxygens (including phenoxy) is 3. The number of imide groups is 1. The highest BCUT2D eigenvalue weighted by atomic mass is 16.7. The van der Waals surface area contributed by atoms with E-state index >= 15 is 0 Å². The van der Waals surface area contributed by atoms with Crippen LogP contribution in [-0.2, 0) is 13.0 Å². The summed E-state index contributed by atoms with van der Waals surface area (Å²) in [6.45, 7) is 5.96. The lowest BCUT2D eigenvalue weighted by atomic mass is 9.95. The Morgan fingerprint density at radius 3 is 2.60 bits per heavy atom. The minimum Gasteiger partial charge on any atom is -0.492 e. The van der Waals surface area contributed by atoms with Crippen LogP contribution in [0.5, 0.6) is 17.2 Å². The molecule has 2 aromatic carbocycles. The summed E-state index contributed by atoms with van der Waals surface area (Å²) in [5.74, 6) is 0.858. The van der Waals surface area contributed by atoms with Gasteiger partial charge in [0.05, 0.1) is 23.9 Å². The zero-order valence-electron chi connectivity index (χ0n) is 20.4. The van der Waals surface area contributed by atoms with Gasteiger partial charge < -0.3 is 24.4 Å². The molecule has 0 saturated carbocycles.